The lowest BCUT2D eigenvalue weighted by molar-refractivity contribution is -0.128. The SMILES string of the molecule is CSCC(=O)N1CCN(c2ccncc2)CC1. The van der Waals surface area contributed by atoms with E-state index in [-0.39, 0.29) is 5.91 Å². The highest BCUT2D eigenvalue weighted by Crippen LogP contribution is 2.15. The van der Waals surface area contributed by atoms with E-state index in [1.807, 2.05) is 23.3 Å². The van der Waals surface area contributed by atoms with Crippen LogP contribution in [0.3, 0.4) is 0 Å². The van der Waals surface area contributed by atoms with Gasteiger partial charge in [0.1, 0.15) is 0 Å². The molecule has 0 unspecified atom stereocenters. The van der Waals surface area contributed by atoms with Crippen LogP contribution in [-0.2, 0) is 4.79 Å². The minimum atomic E-state index is 0.256. The molecule has 1 aliphatic rings. The van der Waals surface area contributed by atoms with Crippen LogP contribution in [0.15, 0.2) is 24.5 Å². The van der Waals surface area contributed by atoms with Crippen molar-refractivity contribution in [2.75, 3.05) is 43.1 Å². The molecule has 1 fully saturated rings. The number of carbonyl (C=O) groups excluding carboxylic acids is 1. The Kier molecular flexibility index (Phi) is 4.25. The second-order valence-corrected chi connectivity index (χ2v) is 4.87. The smallest absolute Gasteiger partial charge is 0.232 e. The molecule has 92 valence electrons. The number of anilines is 1. The molecule has 1 aromatic heterocycles. The number of thioether (sulfide) groups is 1. The fourth-order valence-electron chi connectivity index (χ4n) is 1.98. The van der Waals surface area contributed by atoms with Crippen molar-refractivity contribution in [3.05, 3.63) is 24.5 Å². The van der Waals surface area contributed by atoms with Gasteiger partial charge in [0.05, 0.1) is 5.75 Å². The van der Waals surface area contributed by atoms with Crippen LogP contribution in [0.5, 0.6) is 0 Å². The number of nitrogens with zero attached hydrogens (tertiary/aromatic N) is 3. The second-order valence-electron chi connectivity index (χ2n) is 4.01. The van der Waals surface area contributed by atoms with Crippen molar-refractivity contribution in [2.45, 2.75) is 0 Å². The summed E-state index contributed by atoms with van der Waals surface area (Å²) < 4.78 is 0. The number of aromatic nitrogens is 1. The lowest BCUT2D eigenvalue weighted by atomic mass is 10.2. The first-order valence-electron chi connectivity index (χ1n) is 5.73. The average Bonchev–Trinajstić information content (AvgIpc) is 2.40. The molecule has 0 bridgehead atoms. The van der Waals surface area contributed by atoms with Crippen molar-refractivity contribution in [3.8, 4) is 0 Å². The van der Waals surface area contributed by atoms with Crippen LogP contribution in [0.1, 0.15) is 0 Å². The molecule has 0 radical (unpaired) electrons. The van der Waals surface area contributed by atoms with Gasteiger partial charge in [0.25, 0.3) is 0 Å². The molecule has 0 saturated carbocycles. The summed E-state index contributed by atoms with van der Waals surface area (Å²) in [6.07, 6.45) is 5.58. The highest BCUT2D eigenvalue weighted by molar-refractivity contribution is 7.99. The molecule has 0 spiro atoms. The Bertz CT molecular complexity index is 363. The van der Waals surface area contributed by atoms with E-state index in [1.165, 1.54) is 5.69 Å². The molecule has 1 amide bonds. The van der Waals surface area contributed by atoms with Crippen molar-refractivity contribution >= 4 is 23.4 Å². The summed E-state index contributed by atoms with van der Waals surface area (Å²) in [5.41, 5.74) is 1.19. The summed E-state index contributed by atoms with van der Waals surface area (Å²) in [7, 11) is 0. The molecule has 2 rings (SSSR count). The maximum atomic E-state index is 11.7. The lowest BCUT2D eigenvalue weighted by Crippen LogP contribution is -2.49. The number of amides is 1. The third-order valence-electron chi connectivity index (χ3n) is 2.93. The molecule has 4 nitrogen and oxygen atoms in total. The summed E-state index contributed by atoms with van der Waals surface area (Å²) in [6.45, 7) is 3.46. The van der Waals surface area contributed by atoms with E-state index in [9.17, 15) is 4.79 Å². The van der Waals surface area contributed by atoms with E-state index in [0.717, 1.165) is 26.2 Å². The summed E-state index contributed by atoms with van der Waals surface area (Å²) in [5.74, 6) is 0.849. The van der Waals surface area contributed by atoms with Crippen molar-refractivity contribution in [2.24, 2.45) is 0 Å². The third kappa shape index (κ3) is 3.12. The molecular formula is C12H17N3OS. The summed E-state index contributed by atoms with van der Waals surface area (Å²) in [6, 6.07) is 4.03. The molecule has 1 aromatic rings. The van der Waals surface area contributed by atoms with Crippen molar-refractivity contribution < 1.29 is 4.79 Å². The van der Waals surface area contributed by atoms with Crippen LogP contribution in [-0.4, -0.2) is 54.0 Å². The third-order valence-corrected chi connectivity index (χ3v) is 3.46. The number of hydrogen-bond acceptors (Lipinski definition) is 4. The number of rotatable bonds is 3. The monoisotopic (exact) mass is 251 g/mol. The molecule has 2 heterocycles. The molecule has 5 heteroatoms. The standard InChI is InChI=1S/C12H17N3OS/c1-17-10-12(16)15-8-6-14(7-9-15)11-2-4-13-5-3-11/h2-5H,6-10H2,1H3. The zero-order chi connectivity index (χ0) is 12.1. The van der Waals surface area contributed by atoms with Gasteiger partial charge < -0.3 is 9.80 Å². The predicted molar refractivity (Wildman–Crippen MR) is 71.4 cm³/mol. The van der Waals surface area contributed by atoms with Gasteiger partial charge in [-0.3, -0.25) is 9.78 Å². The number of hydrogen-bond donors (Lipinski definition) is 0. The zero-order valence-electron chi connectivity index (χ0n) is 10.0. The van der Waals surface area contributed by atoms with E-state index >= 15 is 0 Å². The van der Waals surface area contributed by atoms with Crippen molar-refractivity contribution in [1.82, 2.24) is 9.88 Å². The van der Waals surface area contributed by atoms with Gasteiger partial charge in [-0.15, -0.1) is 0 Å². The molecule has 1 aliphatic heterocycles. The van der Waals surface area contributed by atoms with Gasteiger partial charge >= 0.3 is 0 Å². The minimum absolute atomic E-state index is 0.256. The summed E-state index contributed by atoms with van der Waals surface area (Å²) >= 11 is 1.59. The van der Waals surface area contributed by atoms with E-state index in [0.29, 0.717) is 5.75 Å². The van der Waals surface area contributed by atoms with E-state index < -0.39 is 0 Å². The van der Waals surface area contributed by atoms with E-state index in [4.69, 9.17) is 0 Å². The quantitative estimate of drug-likeness (QED) is 0.806. The topological polar surface area (TPSA) is 36.4 Å². The Balaban J connectivity index is 1.88. The van der Waals surface area contributed by atoms with Crippen LogP contribution < -0.4 is 4.90 Å². The Labute approximate surface area is 106 Å². The van der Waals surface area contributed by atoms with Gasteiger partial charge in [-0.05, 0) is 18.4 Å². The molecule has 0 atom stereocenters. The van der Waals surface area contributed by atoms with Gasteiger partial charge in [-0.1, -0.05) is 0 Å². The summed E-state index contributed by atoms with van der Waals surface area (Å²) in [4.78, 5) is 20.0. The Morgan fingerprint density at radius 3 is 2.53 bits per heavy atom. The minimum Gasteiger partial charge on any atom is -0.368 e. The van der Waals surface area contributed by atoms with Crippen LogP contribution in [0.25, 0.3) is 0 Å². The fraction of sp³-hybridized carbons (Fsp3) is 0.500. The van der Waals surface area contributed by atoms with Crippen LogP contribution in [0.4, 0.5) is 5.69 Å². The largest absolute Gasteiger partial charge is 0.368 e. The second kappa shape index (κ2) is 5.91. The molecule has 0 N–H and O–H groups in total. The maximum Gasteiger partial charge on any atom is 0.232 e. The molecule has 1 saturated heterocycles. The fourth-order valence-corrected chi connectivity index (χ4v) is 2.41. The molecular weight excluding hydrogens is 234 g/mol. The van der Waals surface area contributed by atoms with Crippen molar-refractivity contribution in [3.63, 3.8) is 0 Å². The highest BCUT2D eigenvalue weighted by Gasteiger charge is 2.20. The first kappa shape index (κ1) is 12.2. The molecule has 0 aromatic carbocycles. The van der Waals surface area contributed by atoms with Crippen LogP contribution >= 0.6 is 11.8 Å². The van der Waals surface area contributed by atoms with Gasteiger partial charge in [-0.2, -0.15) is 11.8 Å². The zero-order valence-corrected chi connectivity index (χ0v) is 10.8. The lowest BCUT2D eigenvalue weighted by Gasteiger charge is -2.36. The normalized spacial score (nSPS) is 16.1. The van der Waals surface area contributed by atoms with E-state index in [1.54, 1.807) is 24.2 Å². The number of pyridine rings is 1. The van der Waals surface area contributed by atoms with Gasteiger partial charge in [0.15, 0.2) is 0 Å². The van der Waals surface area contributed by atoms with Gasteiger partial charge in [0.2, 0.25) is 5.91 Å². The van der Waals surface area contributed by atoms with Crippen LogP contribution in [0.2, 0.25) is 0 Å². The Morgan fingerprint density at radius 2 is 1.94 bits per heavy atom. The molecule has 17 heavy (non-hydrogen) atoms. The molecule has 0 aliphatic carbocycles. The number of piperazine rings is 1. The summed E-state index contributed by atoms with van der Waals surface area (Å²) in [5, 5.41) is 0. The van der Waals surface area contributed by atoms with Crippen molar-refractivity contribution in [1.29, 1.82) is 0 Å². The van der Waals surface area contributed by atoms with Gasteiger partial charge in [0, 0.05) is 44.3 Å². The highest BCUT2D eigenvalue weighted by atomic mass is 32.2. The van der Waals surface area contributed by atoms with E-state index in [2.05, 4.69) is 9.88 Å². The first-order valence-corrected chi connectivity index (χ1v) is 7.12. The first-order chi connectivity index (χ1) is 8.31. The maximum absolute atomic E-state index is 11.7. The Morgan fingerprint density at radius 1 is 1.29 bits per heavy atom. The average molecular weight is 251 g/mol. The predicted octanol–water partition coefficient (Wildman–Crippen LogP) is 1.09. The number of carbonyl (C=O) groups is 1. The van der Waals surface area contributed by atoms with Crippen LogP contribution in [0, 0.1) is 0 Å². The Hall–Kier alpha value is -1.23. The van der Waals surface area contributed by atoms with Gasteiger partial charge in [-0.25, -0.2) is 0 Å².